The molecular formula is C22H21NO5. The third-order valence-corrected chi connectivity index (χ3v) is 4.29. The number of carboxylic acids is 1. The summed E-state index contributed by atoms with van der Waals surface area (Å²) in [5.41, 5.74) is 4.27. The van der Waals surface area contributed by atoms with Crippen LogP contribution in [0.1, 0.15) is 35.5 Å². The molecule has 0 amide bonds. The predicted octanol–water partition coefficient (Wildman–Crippen LogP) is 4.51. The minimum Gasteiger partial charge on any atom is -0.478 e. The Morgan fingerprint density at radius 3 is 2.07 bits per heavy atom. The van der Waals surface area contributed by atoms with E-state index in [1.54, 1.807) is 45.0 Å². The average molecular weight is 379 g/mol. The van der Waals surface area contributed by atoms with Gasteiger partial charge in [0.1, 0.15) is 0 Å². The van der Waals surface area contributed by atoms with Gasteiger partial charge in [0.05, 0.1) is 23.8 Å². The fourth-order valence-electron chi connectivity index (χ4n) is 2.89. The van der Waals surface area contributed by atoms with Gasteiger partial charge in [0, 0.05) is 11.1 Å². The van der Waals surface area contributed by atoms with Crippen LogP contribution in [0.25, 0.3) is 22.5 Å². The molecule has 1 N–H and O–H groups in total. The van der Waals surface area contributed by atoms with Crippen molar-refractivity contribution in [3.05, 3.63) is 65.4 Å². The maximum Gasteiger partial charge on any atom is 0.335 e. The number of ether oxygens (including phenoxy) is 1. The van der Waals surface area contributed by atoms with Gasteiger partial charge in [-0.25, -0.2) is 4.79 Å². The van der Waals surface area contributed by atoms with Gasteiger partial charge in [0.25, 0.3) is 0 Å². The van der Waals surface area contributed by atoms with Crippen LogP contribution >= 0.6 is 0 Å². The molecule has 2 aromatic carbocycles. The molecule has 0 saturated heterocycles. The molecule has 0 spiro atoms. The number of nitrogens with zero attached hydrogens (tertiary/aromatic N) is 1. The predicted molar refractivity (Wildman–Crippen MR) is 104 cm³/mol. The van der Waals surface area contributed by atoms with E-state index in [2.05, 4.69) is 5.16 Å². The van der Waals surface area contributed by atoms with Gasteiger partial charge in [-0.1, -0.05) is 41.6 Å². The number of benzene rings is 2. The Kier molecular flexibility index (Phi) is 5.59. The zero-order chi connectivity index (χ0) is 20.3. The molecule has 28 heavy (non-hydrogen) atoms. The Bertz CT molecular complexity index is 985. The van der Waals surface area contributed by atoms with Crippen LogP contribution in [0.15, 0.2) is 53.1 Å². The summed E-state index contributed by atoms with van der Waals surface area (Å²) < 4.78 is 10.7. The topological polar surface area (TPSA) is 89.6 Å². The number of aryl methyl sites for hydroxylation is 1. The van der Waals surface area contributed by atoms with Crippen molar-refractivity contribution in [3.8, 4) is 22.5 Å². The number of rotatable bonds is 6. The van der Waals surface area contributed by atoms with Gasteiger partial charge in [-0.05, 0) is 44.0 Å². The lowest BCUT2D eigenvalue weighted by Gasteiger charge is -2.08. The molecule has 6 nitrogen and oxygen atoms in total. The highest BCUT2D eigenvalue weighted by atomic mass is 16.5. The van der Waals surface area contributed by atoms with Crippen LogP contribution in [-0.2, 0) is 16.0 Å². The number of carbonyl (C=O) groups is 2. The highest BCUT2D eigenvalue weighted by molar-refractivity contribution is 5.88. The van der Waals surface area contributed by atoms with Crippen molar-refractivity contribution in [2.24, 2.45) is 0 Å². The van der Waals surface area contributed by atoms with Crippen LogP contribution in [0, 0.1) is 6.92 Å². The first-order valence-electron chi connectivity index (χ1n) is 8.94. The molecule has 6 heteroatoms. The van der Waals surface area contributed by atoms with E-state index >= 15 is 0 Å². The summed E-state index contributed by atoms with van der Waals surface area (Å²) in [6.45, 7) is 5.41. The van der Waals surface area contributed by atoms with Gasteiger partial charge >= 0.3 is 11.9 Å². The summed E-state index contributed by atoms with van der Waals surface area (Å²) in [7, 11) is 0. The molecule has 3 aromatic rings. The first-order valence-corrected chi connectivity index (χ1v) is 8.94. The second-order valence-electron chi connectivity index (χ2n) is 6.75. The number of hydrogen-bond donors (Lipinski definition) is 1. The fraction of sp³-hybridized carbons (Fsp3) is 0.227. The van der Waals surface area contributed by atoms with E-state index in [9.17, 15) is 9.59 Å². The standard InChI is InChI=1S/C22H21NO5/c1-13(2)27-20(24)12-19-14(3)23-28-21(19)17-8-4-15(5-9-17)16-6-10-18(11-7-16)22(25)26/h4-11,13H,12H2,1-3H3,(H,25,26). The summed E-state index contributed by atoms with van der Waals surface area (Å²) in [5.74, 6) is -0.727. The molecule has 0 aliphatic heterocycles. The minimum atomic E-state index is -0.953. The zero-order valence-corrected chi connectivity index (χ0v) is 15.9. The molecule has 1 aromatic heterocycles. The molecule has 0 fully saturated rings. The quantitative estimate of drug-likeness (QED) is 0.634. The zero-order valence-electron chi connectivity index (χ0n) is 15.9. The molecule has 1 heterocycles. The minimum absolute atomic E-state index is 0.0985. The smallest absolute Gasteiger partial charge is 0.335 e. The van der Waals surface area contributed by atoms with Gasteiger partial charge in [-0.3, -0.25) is 4.79 Å². The highest BCUT2D eigenvalue weighted by Gasteiger charge is 2.19. The van der Waals surface area contributed by atoms with Crippen molar-refractivity contribution >= 4 is 11.9 Å². The molecule has 0 saturated carbocycles. The largest absolute Gasteiger partial charge is 0.478 e. The van der Waals surface area contributed by atoms with Crippen molar-refractivity contribution in [1.29, 1.82) is 0 Å². The Morgan fingerprint density at radius 2 is 1.54 bits per heavy atom. The van der Waals surface area contributed by atoms with E-state index in [1.807, 2.05) is 24.3 Å². The van der Waals surface area contributed by atoms with Crippen LogP contribution in [0.5, 0.6) is 0 Å². The highest BCUT2D eigenvalue weighted by Crippen LogP contribution is 2.29. The van der Waals surface area contributed by atoms with E-state index in [-0.39, 0.29) is 24.1 Å². The summed E-state index contributed by atoms with van der Waals surface area (Å²) in [5, 5.41) is 13.0. The normalized spacial score (nSPS) is 10.9. The molecule has 0 bridgehead atoms. The van der Waals surface area contributed by atoms with Crippen LogP contribution in [0.4, 0.5) is 0 Å². The number of carboxylic acid groups (broad SMARTS) is 1. The van der Waals surface area contributed by atoms with Gasteiger partial charge in [-0.15, -0.1) is 0 Å². The van der Waals surface area contributed by atoms with E-state index in [1.165, 1.54) is 0 Å². The van der Waals surface area contributed by atoms with Crippen LogP contribution in [0.3, 0.4) is 0 Å². The first-order chi connectivity index (χ1) is 13.3. The van der Waals surface area contributed by atoms with Crippen LogP contribution in [-0.4, -0.2) is 28.3 Å². The Morgan fingerprint density at radius 1 is 1.00 bits per heavy atom. The summed E-state index contributed by atoms with van der Waals surface area (Å²) in [6.07, 6.45) is -0.0794. The maximum absolute atomic E-state index is 12.0. The van der Waals surface area contributed by atoms with E-state index in [4.69, 9.17) is 14.4 Å². The molecule has 0 aliphatic carbocycles. The second kappa shape index (κ2) is 8.08. The van der Waals surface area contributed by atoms with Crippen molar-refractivity contribution < 1.29 is 24.0 Å². The number of esters is 1. The first kappa shape index (κ1) is 19.4. The van der Waals surface area contributed by atoms with Crippen molar-refractivity contribution in [2.75, 3.05) is 0 Å². The third-order valence-electron chi connectivity index (χ3n) is 4.29. The lowest BCUT2D eigenvalue weighted by molar-refractivity contribution is -0.146. The van der Waals surface area contributed by atoms with Crippen molar-refractivity contribution in [1.82, 2.24) is 5.16 Å². The van der Waals surface area contributed by atoms with E-state index in [0.717, 1.165) is 16.7 Å². The molecular weight excluding hydrogens is 358 g/mol. The number of aromatic carboxylic acids is 1. The number of carbonyl (C=O) groups excluding carboxylic acids is 1. The van der Waals surface area contributed by atoms with E-state index < -0.39 is 5.97 Å². The van der Waals surface area contributed by atoms with E-state index in [0.29, 0.717) is 17.0 Å². The number of aromatic nitrogens is 1. The molecule has 3 rings (SSSR count). The third kappa shape index (κ3) is 4.28. The maximum atomic E-state index is 12.0. The van der Waals surface area contributed by atoms with Gasteiger partial charge < -0.3 is 14.4 Å². The van der Waals surface area contributed by atoms with Gasteiger partial charge in [-0.2, -0.15) is 0 Å². The summed E-state index contributed by atoms with van der Waals surface area (Å²) in [4.78, 5) is 23.0. The van der Waals surface area contributed by atoms with Gasteiger partial charge in [0.2, 0.25) is 0 Å². The Labute approximate surface area is 162 Å². The molecule has 0 radical (unpaired) electrons. The van der Waals surface area contributed by atoms with Crippen molar-refractivity contribution in [2.45, 2.75) is 33.3 Å². The van der Waals surface area contributed by atoms with Gasteiger partial charge in [0.15, 0.2) is 5.76 Å². The molecule has 0 aliphatic rings. The molecule has 0 atom stereocenters. The molecule has 144 valence electrons. The monoisotopic (exact) mass is 379 g/mol. The summed E-state index contributed by atoms with van der Waals surface area (Å²) >= 11 is 0. The van der Waals surface area contributed by atoms with Crippen LogP contribution in [0.2, 0.25) is 0 Å². The average Bonchev–Trinajstić information content (AvgIpc) is 3.02. The van der Waals surface area contributed by atoms with Crippen LogP contribution < -0.4 is 0 Å². The Balaban J connectivity index is 1.84. The van der Waals surface area contributed by atoms with Crippen molar-refractivity contribution in [3.63, 3.8) is 0 Å². The molecule has 0 unspecified atom stereocenters. The lowest BCUT2D eigenvalue weighted by atomic mass is 9.99. The lowest BCUT2D eigenvalue weighted by Crippen LogP contribution is -2.14. The summed E-state index contributed by atoms with van der Waals surface area (Å²) in [6, 6.07) is 14.3. The second-order valence-corrected chi connectivity index (χ2v) is 6.75. The Hall–Kier alpha value is -3.41. The fourth-order valence-corrected chi connectivity index (χ4v) is 2.89. The number of hydrogen-bond acceptors (Lipinski definition) is 5. The SMILES string of the molecule is Cc1noc(-c2ccc(-c3ccc(C(=O)O)cc3)cc2)c1CC(=O)OC(C)C.